The molecule has 0 radical (unpaired) electrons. The van der Waals surface area contributed by atoms with Gasteiger partial charge in [0.05, 0.1) is 22.5 Å². The van der Waals surface area contributed by atoms with Crippen LogP contribution in [0.15, 0.2) is 0 Å². The number of hydrogen-bond acceptors (Lipinski definition) is 3. The van der Waals surface area contributed by atoms with E-state index in [0.29, 0.717) is 11.6 Å². The Hall–Kier alpha value is -0.680. The summed E-state index contributed by atoms with van der Waals surface area (Å²) in [5, 5.41) is 3.22. The standard InChI is InChI=1S/C16H28N2O2S/c1-2-13-12(8-11-20-13)14(19)18-16(15(17)21)9-6-4-3-5-7-10-16/h12-13H,2-11H2,1H3,(H2,17,21)(H,18,19). The summed E-state index contributed by atoms with van der Waals surface area (Å²) >= 11 is 5.31. The van der Waals surface area contributed by atoms with Crippen LogP contribution in [0.2, 0.25) is 0 Å². The molecule has 1 heterocycles. The second-order valence-corrected chi connectivity index (χ2v) is 6.86. The molecule has 5 heteroatoms. The highest BCUT2D eigenvalue weighted by Crippen LogP contribution is 2.29. The summed E-state index contributed by atoms with van der Waals surface area (Å²) in [4.78, 5) is 13.1. The van der Waals surface area contributed by atoms with Gasteiger partial charge in [-0.2, -0.15) is 0 Å². The Morgan fingerprint density at radius 2 is 1.90 bits per heavy atom. The van der Waals surface area contributed by atoms with Gasteiger partial charge in [-0.05, 0) is 25.7 Å². The van der Waals surface area contributed by atoms with E-state index in [2.05, 4.69) is 12.2 Å². The van der Waals surface area contributed by atoms with Gasteiger partial charge in [-0.15, -0.1) is 0 Å². The second kappa shape index (κ2) is 7.54. The molecular weight excluding hydrogens is 284 g/mol. The molecule has 1 saturated carbocycles. The number of amides is 1. The lowest BCUT2D eigenvalue weighted by Crippen LogP contribution is -2.58. The maximum atomic E-state index is 12.7. The van der Waals surface area contributed by atoms with E-state index in [4.69, 9.17) is 22.7 Å². The van der Waals surface area contributed by atoms with Gasteiger partial charge < -0.3 is 15.8 Å². The molecule has 4 nitrogen and oxygen atoms in total. The lowest BCUT2D eigenvalue weighted by atomic mass is 9.83. The molecule has 0 spiro atoms. The topological polar surface area (TPSA) is 64.3 Å². The minimum atomic E-state index is -0.478. The van der Waals surface area contributed by atoms with E-state index < -0.39 is 5.54 Å². The summed E-state index contributed by atoms with van der Waals surface area (Å²) in [7, 11) is 0. The lowest BCUT2D eigenvalue weighted by molar-refractivity contribution is -0.128. The molecule has 2 aliphatic rings. The predicted molar refractivity (Wildman–Crippen MR) is 88.1 cm³/mol. The first-order valence-electron chi connectivity index (χ1n) is 8.32. The summed E-state index contributed by atoms with van der Waals surface area (Å²) in [6.07, 6.45) is 9.30. The van der Waals surface area contributed by atoms with E-state index in [0.717, 1.165) is 38.5 Å². The number of carbonyl (C=O) groups excluding carboxylic acids is 1. The van der Waals surface area contributed by atoms with Crippen molar-refractivity contribution in [2.45, 2.75) is 76.4 Å². The van der Waals surface area contributed by atoms with E-state index in [1.54, 1.807) is 0 Å². The Labute approximate surface area is 133 Å². The molecule has 2 atom stereocenters. The van der Waals surface area contributed by atoms with Crippen LogP contribution < -0.4 is 11.1 Å². The number of nitrogens with one attached hydrogen (secondary N) is 1. The predicted octanol–water partition coefficient (Wildman–Crippen LogP) is 2.69. The summed E-state index contributed by atoms with van der Waals surface area (Å²) < 4.78 is 5.64. The minimum Gasteiger partial charge on any atom is -0.391 e. The van der Waals surface area contributed by atoms with Crippen molar-refractivity contribution in [1.29, 1.82) is 0 Å². The van der Waals surface area contributed by atoms with Crippen LogP contribution in [0.3, 0.4) is 0 Å². The van der Waals surface area contributed by atoms with Gasteiger partial charge in [-0.25, -0.2) is 0 Å². The monoisotopic (exact) mass is 312 g/mol. The Balaban J connectivity index is 2.07. The van der Waals surface area contributed by atoms with Gasteiger partial charge in [-0.1, -0.05) is 51.2 Å². The highest BCUT2D eigenvalue weighted by molar-refractivity contribution is 7.80. The van der Waals surface area contributed by atoms with Crippen LogP contribution in [0.25, 0.3) is 0 Å². The maximum absolute atomic E-state index is 12.7. The third-order valence-corrected chi connectivity index (χ3v) is 5.38. The number of nitrogens with two attached hydrogens (primary N) is 1. The fourth-order valence-corrected chi connectivity index (χ4v) is 3.88. The normalized spacial score (nSPS) is 29.4. The number of rotatable bonds is 4. The Morgan fingerprint density at radius 1 is 1.29 bits per heavy atom. The van der Waals surface area contributed by atoms with E-state index >= 15 is 0 Å². The van der Waals surface area contributed by atoms with Crippen LogP contribution in [0, 0.1) is 5.92 Å². The third-order valence-electron chi connectivity index (χ3n) is 4.99. The molecule has 1 saturated heterocycles. The largest absolute Gasteiger partial charge is 0.391 e. The molecule has 120 valence electrons. The van der Waals surface area contributed by atoms with Crippen LogP contribution in [0.4, 0.5) is 0 Å². The number of thiocarbonyl (C=S) groups is 1. The fraction of sp³-hybridized carbons (Fsp3) is 0.875. The SMILES string of the molecule is CCC1OCCC1C(=O)NC1(C(N)=S)CCCCCCC1. The van der Waals surface area contributed by atoms with Gasteiger partial charge in [0.15, 0.2) is 0 Å². The number of hydrogen-bond donors (Lipinski definition) is 2. The van der Waals surface area contributed by atoms with Crippen LogP contribution in [-0.4, -0.2) is 29.1 Å². The molecule has 0 aromatic carbocycles. The van der Waals surface area contributed by atoms with Crippen molar-refractivity contribution in [2.24, 2.45) is 11.7 Å². The summed E-state index contributed by atoms with van der Waals surface area (Å²) in [6, 6.07) is 0. The minimum absolute atomic E-state index is 0.0435. The first-order valence-corrected chi connectivity index (χ1v) is 8.73. The summed E-state index contributed by atoms with van der Waals surface area (Å²) in [5.41, 5.74) is 5.54. The molecule has 0 aromatic heterocycles. The van der Waals surface area contributed by atoms with Gasteiger partial charge in [0.1, 0.15) is 0 Å². The molecule has 2 rings (SSSR count). The molecule has 2 fully saturated rings. The lowest BCUT2D eigenvalue weighted by Gasteiger charge is -2.36. The van der Waals surface area contributed by atoms with Crippen molar-refractivity contribution in [3.8, 4) is 0 Å². The average molecular weight is 312 g/mol. The van der Waals surface area contributed by atoms with Crippen molar-refractivity contribution < 1.29 is 9.53 Å². The molecule has 1 aliphatic carbocycles. The maximum Gasteiger partial charge on any atom is 0.226 e. The van der Waals surface area contributed by atoms with Crippen molar-refractivity contribution in [1.82, 2.24) is 5.32 Å². The van der Waals surface area contributed by atoms with Crippen molar-refractivity contribution >= 4 is 23.1 Å². The fourth-order valence-electron chi connectivity index (χ4n) is 3.62. The summed E-state index contributed by atoms with van der Waals surface area (Å²) in [5.74, 6) is 0.0272. The zero-order valence-corrected chi connectivity index (χ0v) is 13.8. The molecule has 0 aromatic rings. The van der Waals surface area contributed by atoms with Crippen LogP contribution in [0.5, 0.6) is 0 Å². The van der Waals surface area contributed by atoms with Crippen molar-refractivity contribution in [3.63, 3.8) is 0 Å². The van der Waals surface area contributed by atoms with Gasteiger partial charge in [0.2, 0.25) is 5.91 Å². The van der Waals surface area contributed by atoms with E-state index in [-0.39, 0.29) is 17.9 Å². The van der Waals surface area contributed by atoms with Gasteiger partial charge in [0.25, 0.3) is 0 Å². The zero-order chi connectivity index (χ0) is 15.3. The first kappa shape index (κ1) is 16.7. The van der Waals surface area contributed by atoms with Crippen LogP contribution in [-0.2, 0) is 9.53 Å². The zero-order valence-electron chi connectivity index (χ0n) is 13.0. The molecule has 0 bridgehead atoms. The Bertz CT molecular complexity index is 378. The molecule has 2 unspecified atom stereocenters. The second-order valence-electron chi connectivity index (χ2n) is 6.42. The van der Waals surface area contributed by atoms with E-state index in [9.17, 15) is 4.79 Å². The average Bonchev–Trinajstić information content (AvgIpc) is 2.90. The molecule has 21 heavy (non-hydrogen) atoms. The van der Waals surface area contributed by atoms with E-state index in [1.807, 2.05) is 0 Å². The van der Waals surface area contributed by atoms with Gasteiger partial charge >= 0.3 is 0 Å². The number of ether oxygens (including phenoxy) is 1. The van der Waals surface area contributed by atoms with E-state index in [1.165, 1.54) is 19.3 Å². The van der Waals surface area contributed by atoms with Crippen molar-refractivity contribution in [2.75, 3.05) is 6.61 Å². The first-order chi connectivity index (χ1) is 10.1. The molecular formula is C16H28N2O2S. The molecule has 1 aliphatic heterocycles. The smallest absolute Gasteiger partial charge is 0.226 e. The highest BCUT2D eigenvalue weighted by Gasteiger charge is 2.40. The summed E-state index contributed by atoms with van der Waals surface area (Å²) in [6.45, 7) is 2.74. The van der Waals surface area contributed by atoms with Gasteiger partial charge in [0, 0.05) is 6.61 Å². The third kappa shape index (κ3) is 3.95. The van der Waals surface area contributed by atoms with Crippen LogP contribution >= 0.6 is 12.2 Å². The molecule has 3 N–H and O–H groups in total. The van der Waals surface area contributed by atoms with Crippen LogP contribution in [0.1, 0.15) is 64.7 Å². The Morgan fingerprint density at radius 3 is 2.48 bits per heavy atom. The highest BCUT2D eigenvalue weighted by atomic mass is 32.1. The quantitative estimate of drug-likeness (QED) is 0.783. The number of carbonyl (C=O) groups is 1. The van der Waals surface area contributed by atoms with Gasteiger partial charge in [-0.3, -0.25) is 4.79 Å². The molecule has 1 amide bonds. The van der Waals surface area contributed by atoms with Crippen molar-refractivity contribution in [3.05, 3.63) is 0 Å². The Kier molecular flexibility index (Phi) is 5.99.